The van der Waals surface area contributed by atoms with Gasteiger partial charge in [0.05, 0.1) is 13.2 Å². The quantitative estimate of drug-likeness (QED) is 0.572. The summed E-state index contributed by atoms with van der Waals surface area (Å²) in [6, 6.07) is 11.0. The standard InChI is InChI=1S/C12H16O3S.C10H12O2.CH4/c1-4-15-12-9-11(6-5-10(12)2)7-8-16(3,13)14;1-3-12-10-6-9(7-11)5-4-8(10)2;/h5-9H,4H2,1-3H3;4-7H,3H2,1-2H3;1H4/b8-7+;;. The lowest BCUT2D eigenvalue weighted by Crippen LogP contribution is -1.94. The highest BCUT2D eigenvalue weighted by atomic mass is 32.2. The van der Waals surface area contributed by atoms with Crippen LogP contribution >= 0.6 is 0 Å². The second kappa shape index (κ2) is 12.8. The van der Waals surface area contributed by atoms with Crippen LogP contribution in [0, 0.1) is 13.8 Å². The van der Waals surface area contributed by atoms with E-state index in [0.717, 1.165) is 34.5 Å². The minimum absolute atomic E-state index is 0. The fraction of sp³-hybridized carbons (Fsp3) is 0.348. The summed E-state index contributed by atoms with van der Waals surface area (Å²) in [5, 5.41) is 1.19. The summed E-state index contributed by atoms with van der Waals surface area (Å²) in [5.41, 5.74) is 3.57. The molecule has 2 rings (SSSR count). The van der Waals surface area contributed by atoms with Crippen molar-refractivity contribution in [3.8, 4) is 11.5 Å². The molecule has 0 aromatic heterocycles. The molecule has 160 valence electrons. The highest BCUT2D eigenvalue weighted by Crippen LogP contribution is 2.20. The van der Waals surface area contributed by atoms with E-state index in [1.807, 2.05) is 52.0 Å². The predicted molar refractivity (Wildman–Crippen MR) is 121 cm³/mol. The van der Waals surface area contributed by atoms with Crippen molar-refractivity contribution in [1.82, 2.24) is 0 Å². The van der Waals surface area contributed by atoms with Gasteiger partial charge in [-0.05, 0) is 62.6 Å². The molecule has 2 aromatic rings. The second-order valence-electron chi connectivity index (χ2n) is 6.17. The molecule has 5 nitrogen and oxygen atoms in total. The lowest BCUT2D eigenvalue weighted by atomic mass is 10.1. The predicted octanol–water partition coefficient (Wildman–Crippen LogP) is 5.25. The Hall–Kier alpha value is -2.60. The van der Waals surface area contributed by atoms with Crippen LogP contribution in [-0.2, 0) is 9.84 Å². The van der Waals surface area contributed by atoms with Crippen LogP contribution in [0.4, 0.5) is 0 Å². The van der Waals surface area contributed by atoms with Crippen molar-refractivity contribution in [2.75, 3.05) is 19.5 Å². The molecule has 0 heterocycles. The van der Waals surface area contributed by atoms with Crippen LogP contribution < -0.4 is 9.47 Å². The summed E-state index contributed by atoms with van der Waals surface area (Å²) < 4.78 is 32.7. The molecule has 2 aromatic carbocycles. The third-order valence-electron chi connectivity index (χ3n) is 3.67. The number of benzene rings is 2. The zero-order valence-corrected chi connectivity index (χ0v) is 17.9. The summed E-state index contributed by atoms with van der Waals surface area (Å²) in [5.74, 6) is 1.58. The lowest BCUT2D eigenvalue weighted by Gasteiger charge is -2.07. The molecule has 0 unspecified atom stereocenters. The van der Waals surface area contributed by atoms with Crippen LogP contribution in [0.25, 0.3) is 6.08 Å². The van der Waals surface area contributed by atoms with Crippen molar-refractivity contribution in [3.05, 3.63) is 64.1 Å². The first-order valence-corrected chi connectivity index (χ1v) is 11.0. The molecule has 6 heteroatoms. The number of carbonyl (C=O) groups excluding carboxylic acids is 1. The molecule has 0 fully saturated rings. The molecule has 0 bridgehead atoms. The van der Waals surface area contributed by atoms with Crippen molar-refractivity contribution < 1.29 is 22.7 Å². The SMILES string of the molecule is C.CCOc1cc(/C=C/S(C)(=O)=O)ccc1C.CCOc1cc(C=O)ccc1C. The van der Waals surface area contributed by atoms with Gasteiger partial charge in [-0.25, -0.2) is 8.42 Å². The van der Waals surface area contributed by atoms with Gasteiger partial charge in [0.15, 0.2) is 9.84 Å². The topological polar surface area (TPSA) is 69.7 Å². The summed E-state index contributed by atoms with van der Waals surface area (Å²) in [7, 11) is -3.08. The van der Waals surface area contributed by atoms with E-state index in [9.17, 15) is 13.2 Å². The summed E-state index contributed by atoms with van der Waals surface area (Å²) >= 11 is 0. The Morgan fingerprint density at radius 3 is 1.72 bits per heavy atom. The molecular weight excluding hydrogens is 388 g/mol. The van der Waals surface area contributed by atoms with Crippen molar-refractivity contribution in [3.63, 3.8) is 0 Å². The maximum Gasteiger partial charge on any atom is 0.168 e. The highest BCUT2D eigenvalue weighted by Gasteiger charge is 2.00. The number of sulfone groups is 1. The number of rotatable bonds is 7. The minimum atomic E-state index is -3.08. The van der Waals surface area contributed by atoms with E-state index in [0.29, 0.717) is 18.8 Å². The molecule has 0 N–H and O–H groups in total. The Morgan fingerprint density at radius 1 is 0.862 bits per heavy atom. The molecule has 0 saturated carbocycles. The average Bonchev–Trinajstić information content (AvgIpc) is 2.64. The molecule has 0 saturated heterocycles. The lowest BCUT2D eigenvalue weighted by molar-refractivity contribution is 0.112. The molecule has 0 atom stereocenters. The Labute approximate surface area is 175 Å². The van der Waals surface area contributed by atoms with Crippen LogP contribution in [0.2, 0.25) is 0 Å². The van der Waals surface area contributed by atoms with Gasteiger partial charge in [-0.2, -0.15) is 0 Å². The molecule has 0 aliphatic rings. The van der Waals surface area contributed by atoms with Crippen molar-refractivity contribution in [2.24, 2.45) is 0 Å². The van der Waals surface area contributed by atoms with E-state index in [2.05, 4.69) is 0 Å². The van der Waals surface area contributed by atoms with Crippen LogP contribution in [0.15, 0.2) is 41.8 Å². The normalized spacial score (nSPS) is 10.5. The number of carbonyl (C=O) groups is 1. The van der Waals surface area contributed by atoms with E-state index in [4.69, 9.17) is 9.47 Å². The van der Waals surface area contributed by atoms with Crippen molar-refractivity contribution >= 4 is 22.2 Å². The molecular formula is C23H32O5S. The van der Waals surface area contributed by atoms with Gasteiger partial charge < -0.3 is 9.47 Å². The van der Waals surface area contributed by atoms with Gasteiger partial charge >= 0.3 is 0 Å². The van der Waals surface area contributed by atoms with Gasteiger partial charge in [0.2, 0.25) is 0 Å². The Morgan fingerprint density at radius 2 is 1.31 bits per heavy atom. The van der Waals surface area contributed by atoms with Gasteiger partial charge in [-0.15, -0.1) is 0 Å². The number of aryl methyl sites for hydroxylation is 2. The molecule has 0 aliphatic carbocycles. The number of hydrogen-bond donors (Lipinski definition) is 0. The molecule has 0 aliphatic heterocycles. The zero-order chi connectivity index (χ0) is 21.2. The minimum Gasteiger partial charge on any atom is -0.494 e. The zero-order valence-electron chi connectivity index (χ0n) is 17.1. The van der Waals surface area contributed by atoms with Gasteiger partial charge in [0.1, 0.15) is 17.8 Å². The fourth-order valence-electron chi connectivity index (χ4n) is 2.23. The first kappa shape index (κ1) is 26.4. The third kappa shape index (κ3) is 9.94. The first-order valence-electron chi connectivity index (χ1n) is 9.00. The Bertz CT molecular complexity index is 915. The van der Waals surface area contributed by atoms with E-state index >= 15 is 0 Å². The van der Waals surface area contributed by atoms with Crippen molar-refractivity contribution in [1.29, 1.82) is 0 Å². The maximum absolute atomic E-state index is 11.0. The van der Waals surface area contributed by atoms with Crippen LogP contribution in [-0.4, -0.2) is 34.2 Å². The summed E-state index contributed by atoms with van der Waals surface area (Å²) in [4.78, 5) is 10.4. The number of aldehydes is 1. The first-order chi connectivity index (χ1) is 13.2. The monoisotopic (exact) mass is 420 g/mol. The smallest absolute Gasteiger partial charge is 0.168 e. The van der Waals surface area contributed by atoms with Crippen LogP contribution in [0.5, 0.6) is 11.5 Å². The fourth-order valence-corrected chi connectivity index (χ4v) is 2.64. The van der Waals surface area contributed by atoms with Gasteiger partial charge in [0, 0.05) is 17.2 Å². The van der Waals surface area contributed by atoms with E-state index in [1.54, 1.807) is 18.2 Å². The number of hydrogen-bond acceptors (Lipinski definition) is 5. The summed E-state index contributed by atoms with van der Waals surface area (Å²) in [6.07, 6.45) is 3.56. The molecule has 0 amide bonds. The van der Waals surface area contributed by atoms with E-state index < -0.39 is 9.84 Å². The number of ether oxygens (including phenoxy) is 2. The summed E-state index contributed by atoms with van der Waals surface area (Å²) in [6.45, 7) is 8.98. The second-order valence-corrected chi connectivity index (χ2v) is 8.10. The molecule has 0 radical (unpaired) electrons. The van der Waals surface area contributed by atoms with Crippen LogP contribution in [0.1, 0.15) is 48.3 Å². The Kier molecular flexibility index (Phi) is 11.6. The third-order valence-corrected chi connectivity index (χ3v) is 4.30. The highest BCUT2D eigenvalue weighted by molar-refractivity contribution is 7.93. The Balaban J connectivity index is 0.000000542. The van der Waals surface area contributed by atoms with Crippen LogP contribution in [0.3, 0.4) is 0 Å². The average molecular weight is 421 g/mol. The molecule has 0 spiro atoms. The van der Waals surface area contributed by atoms with Crippen molar-refractivity contribution in [2.45, 2.75) is 35.1 Å². The van der Waals surface area contributed by atoms with Gasteiger partial charge in [0.25, 0.3) is 0 Å². The van der Waals surface area contributed by atoms with E-state index in [1.165, 1.54) is 11.7 Å². The van der Waals surface area contributed by atoms with Gasteiger partial charge in [-0.1, -0.05) is 31.7 Å². The van der Waals surface area contributed by atoms with E-state index in [-0.39, 0.29) is 7.43 Å². The van der Waals surface area contributed by atoms with Gasteiger partial charge in [-0.3, -0.25) is 4.79 Å². The largest absolute Gasteiger partial charge is 0.494 e. The maximum atomic E-state index is 11.0. The molecule has 29 heavy (non-hydrogen) atoms.